The van der Waals surface area contributed by atoms with Crippen molar-refractivity contribution in [2.24, 2.45) is 0 Å². The van der Waals surface area contributed by atoms with Crippen molar-refractivity contribution >= 4 is 22.7 Å². The average molecular weight is 415 g/mol. The lowest BCUT2D eigenvalue weighted by Crippen LogP contribution is -2.21. The predicted molar refractivity (Wildman–Crippen MR) is 105 cm³/mol. The molecule has 0 aliphatic rings. The SMILES string of the molecule is Cc1cc(CSc2nc3ccccc3c(=O)n2-c2ccc(OC(F)F)cc2)on1. The Morgan fingerprint density at radius 3 is 2.62 bits per heavy atom. The Balaban J connectivity index is 1.77. The van der Waals surface area contributed by atoms with Crippen LogP contribution in [0.4, 0.5) is 8.78 Å². The topological polar surface area (TPSA) is 70.2 Å². The highest BCUT2D eigenvalue weighted by molar-refractivity contribution is 7.98. The van der Waals surface area contributed by atoms with E-state index in [2.05, 4.69) is 14.9 Å². The maximum atomic E-state index is 13.2. The van der Waals surface area contributed by atoms with Crippen LogP contribution in [-0.2, 0) is 5.75 Å². The summed E-state index contributed by atoms with van der Waals surface area (Å²) in [5.41, 5.74) is 1.57. The Morgan fingerprint density at radius 2 is 1.93 bits per heavy atom. The van der Waals surface area contributed by atoms with Crippen molar-refractivity contribution in [1.29, 1.82) is 0 Å². The van der Waals surface area contributed by atoms with E-state index in [0.29, 0.717) is 33.3 Å². The molecule has 148 valence electrons. The van der Waals surface area contributed by atoms with Gasteiger partial charge in [-0.05, 0) is 43.3 Å². The van der Waals surface area contributed by atoms with Crippen molar-refractivity contribution in [2.45, 2.75) is 24.4 Å². The molecule has 0 saturated carbocycles. The van der Waals surface area contributed by atoms with Gasteiger partial charge in [-0.2, -0.15) is 8.78 Å². The molecule has 0 saturated heterocycles. The number of halogens is 2. The van der Waals surface area contributed by atoms with Crippen molar-refractivity contribution in [3.05, 3.63) is 76.4 Å². The maximum absolute atomic E-state index is 13.2. The molecule has 0 fully saturated rings. The molecule has 2 aromatic carbocycles. The summed E-state index contributed by atoms with van der Waals surface area (Å²) >= 11 is 1.32. The van der Waals surface area contributed by atoms with Crippen LogP contribution in [0, 0.1) is 6.92 Å². The van der Waals surface area contributed by atoms with Crippen LogP contribution in [0.5, 0.6) is 5.75 Å². The van der Waals surface area contributed by atoms with Gasteiger partial charge in [0, 0.05) is 6.07 Å². The van der Waals surface area contributed by atoms with Crippen LogP contribution in [0.2, 0.25) is 0 Å². The zero-order valence-corrected chi connectivity index (χ0v) is 16.0. The number of hydrogen-bond acceptors (Lipinski definition) is 6. The monoisotopic (exact) mass is 415 g/mol. The van der Waals surface area contributed by atoms with E-state index in [1.165, 1.54) is 40.6 Å². The standard InChI is InChI=1S/C20H15F2N3O3S/c1-12-10-15(28-24-12)11-29-20-23-17-5-3-2-4-16(17)18(26)25(20)13-6-8-14(9-7-13)27-19(21)22/h2-10,19H,11H2,1H3. The minimum atomic E-state index is -2.91. The van der Waals surface area contributed by atoms with Crippen molar-refractivity contribution in [3.63, 3.8) is 0 Å². The largest absolute Gasteiger partial charge is 0.435 e. The molecule has 0 atom stereocenters. The summed E-state index contributed by atoms with van der Waals surface area (Å²) in [5, 5.41) is 4.77. The second-order valence-corrected chi connectivity index (χ2v) is 7.09. The molecule has 6 nitrogen and oxygen atoms in total. The number of benzene rings is 2. The number of ether oxygens (including phenoxy) is 1. The van der Waals surface area contributed by atoms with Gasteiger partial charge in [-0.3, -0.25) is 9.36 Å². The molecule has 4 aromatic rings. The molecule has 0 bridgehead atoms. The van der Waals surface area contributed by atoms with E-state index in [4.69, 9.17) is 4.52 Å². The number of alkyl halides is 2. The Kier molecular flexibility index (Phi) is 5.30. The molecule has 2 aromatic heterocycles. The van der Waals surface area contributed by atoms with E-state index >= 15 is 0 Å². The minimum Gasteiger partial charge on any atom is -0.435 e. The number of hydrogen-bond donors (Lipinski definition) is 0. The molecule has 0 spiro atoms. The summed E-state index contributed by atoms with van der Waals surface area (Å²) in [7, 11) is 0. The average Bonchev–Trinajstić information content (AvgIpc) is 3.12. The smallest absolute Gasteiger partial charge is 0.387 e. The lowest BCUT2D eigenvalue weighted by atomic mass is 10.2. The fourth-order valence-corrected chi connectivity index (χ4v) is 3.72. The summed E-state index contributed by atoms with van der Waals surface area (Å²) in [4.78, 5) is 17.8. The highest BCUT2D eigenvalue weighted by atomic mass is 32.2. The molecule has 0 aliphatic heterocycles. The number of rotatable bonds is 6. The molecule has 9 heteroatoms. The van der Waals surface area contributed by atoms with Gasteiger partial charge < -0.3 is 9.26 Å². The maximum Gasteiger partial charge on any atom is 0.387 e. The van der Waals surface area contributed by atoms with Gasteiger partial charge in [0.15, 0.2) is 5.16 Å². The molecule has 29 heavy (non-hydrogen) atoms. The van der Waals surface area contributed by atoms with Gasteiger partial charge in [0.1, 0.15) is 11.5 Å². The first-order valence-electron chi connectivity index (χ1n) is 8.63. The molecular formula is C20H15F2N3O3S. The second kappa shape index (κ2) is 8.04. The minimum absolute atomic E-state index is 0.0110. The number of aromatic nitrogens is 3. The highest BCUT2D eigenvalue weighted by Gasteiger charge is 2.15. The number of thioether (sulfide) groups is 1. The second-order valence-electron chi connectivity index (χ2n) is 6.15. The molecule has 0 radical (unpaired) electrons. The van der Waals surface area contributed by atoms with E-state index in [1.54, 1.807) is 18.2 Å². The van der Waals surface area contributed by atoms with Crippen LogP contribution in [0.3, 0.4) is 0 Å². The third-order valence-electron chi connectivity index (χ3n) is 4.09. The fourth-order valence-electron chi connectivity index (χ4n) is 2.83. The van der Waals surface area contributed by atoms with Crippen molar-refractivity contribution < 1.29 is 18.0 Å². The zero-order chi connectivity index (χ0) is 20.4. The quantitative estimate of drug-likeness (QED) is 0.339. The van der Waals surface area contributed by atoms with Gasteiger partial charge in [0.05, 0.1) is 28.0 Å². The van der Waals surface area contributed by atoms with Gasteiger partial charge >= 0.3 is 6.61 Å². The third kappa shape index (κ3) is 4.14. The van der Waals surface area contributed by atoms with E-state index < -0.39 is 6.61 Å². The molecule has 4 rings (SSSR count). The van der Waals surface area contributed by atoms with Crippen LogP contribution < -0.4 is 10.3 Å². The molecule has 0 N–H and O–H groups in total. The van der Waals surface area contributed by atoms with E-state index in [1.807, 2.05) is 19.1 Å². The van der Waals surface area contributed by atoms with Gasteiger partial charge in [-0.15, -0.1) is 0 Å². The van der Waals surface area contributed by atoms with Crippen molar-refractivity contribution in [2.75, 3.05) is 0 Å². The number of aryl methyl sites for hydroxylation is 1. The number of para-hydroxylation sites is 1. The first-order valence-corrected chi connectivity index (χ1v) is 9.62. The molecule has 0 unspecified atom stereocenters. The van der Waals surface area contributed by atoms with Gasteiger partial charge in [0.2, 0.25) is 0 Å². The first-order chi connectivity index (χ1) is 14.0. The Morgan fingerprint density at radius 1 is 1.17 bits per heavy atom. The fraction of sp³-hybridized carbons (Fsp3) is 0.150. The molecule has 0 amide bonds. The number of nitrogens with zero attached hydrogens (tertiary/aromatic N) is 3. The van der Waals surface area contributed by atoms with Gasteiger partial charge in [-0.1, -0.05) is 29.1 Å². The summed E-state index contributed by atoms with van der Waals surface area (Å²) in [5.74, 6) is 1.09. The van der Waals surface area contributed by atoms with Gasteiger partial charge in [0.25, 0.3) is 5.56 Å². The van der Waals surface area contributed by atoms with Crippen LogP contribution in [0.1, 0.15) is 11.5 Å². The highest BCUT2D eigenvalue weighted by Crippen LogP contribution is 2.26. The Labute approximate surface area is 168 Å². The third-order valence-corrected chi connectivity index (χ3v) is 5.05. The summed E-state index contributed by atoms with van der Waals surface area (Å²) in [6.07, 6.45) is 0. The van der Waals surface area contributed by atoms with Crippen molar-refractivity contribution in [1.82, 2.24) is 14.7 Å². The zero-order valence-electron chi connectivity index (χ0n) is 15.2. The molecule has 0 aliphatic carbocycles. The Hall–Kier alpha value is -3.20. The normalized spacial score (nSPS) is 11.3. The van der Waals surface area contributed by atoms with E-state index in [0.717, 1.165) is 5.69 Å². The van der Waals surface area contributed by atoms with Crippen LogP contribution in [-0.4, -0.2) is 21.3 Å². The van der Waals surface area contributed by atoms with Crippen LogP contribution in [0.15, 0.2) is 69.1 Å². The summed E-state index contributed by atoms with van der Waals surface area (Å²) < 4.78 is 35.9. The van der Waals surface area contributed by atoms with E-state index in [-0.39, 0.29) is 11.3 Å². The number of fused-ring (bicyclic) bond motifs is 1. The lowest BCUT2D eigenvalue weighted by Gasteiger charge is -2.13. The molecular weight excluding hydrogens is 400 g/mol. The van der Waals surface area contributed by atoms with Gasteiger partial charge in [-0.25, -0.2) is 4.98 Å². The summed E-state index contributed by atoms with van der Waals surface area (Å²) in [6.45, 7) is -1.09. The van der Waals surface area contributed by atoms with Crippen LogP contribution in [0.25, 0.3) is 16.6 Å². The van der Waals surface area contributed by atoms with Crippen molar-refractivity contribution in [3.8, 4) is 11.4 Å². The molecule has 2 heterocycles. The lowest BCUT2D eigenvalue weighted by molar-refractivity contribution is -0.0498. The first kappa shape index (κ1) is 19.1. The Bertz CT molecular complexity index is 1210. The predicted octanol–water partition coefficient (Wildman–Crippen LogP) is 4.58. The summed E-state index contributed by atoms with van der Waals surface area (Å²) in [6, 6.07) is 14.7. The van der Waals surface area contributed by atoms with Crippen LogP contribution >= 0.6 is 11.8 Å². The van der Waals surface area contributed by atoms with E-state index in [9.17, 15) is 13.6 Å².